The topological polar surface area (TPSA) is 27.7 Å². The van der Waals surface area contributed by atoms with Crippen LogP contribution in [0.1, 0.15) is 38.5 Å². The van der Waals surface area contributed by atoms with Gasteiger partial charge in [0, 0.05) is 86.6 Å². The molecule has 3 heterocycles. The summed E-state index contributed by atoms with van der Waals surface area (Å²) in [5.74, 6) is 0. The Hall–Kier alpha value is 0.0995. The van der Waals surface area contributed by atoms with E-state index in [1.807, 2.05) is 0 Å². The third-order valence-corrected chi connectivity index (χ3v) is 4.14. The summed E-state index contributed by atoms with van der Waals surface area (Å²) in [6.45, 7) is 6.00. The predicted molar refractivity (Wildman–Crippen MR) is 104 cm³/mol. The summed E-state index contributed by atoms with van der Waals surface area (Å²) in [4.78, 5) is 0. The zero-order chi connectivity index (χ0) is 17.4. The SMILES string of the molecule is C1CCOC1.C1CCOC1.C1CCOC1.[Yb].c1ccc2ccccc2c1. The molecule has 3 fully saturated rings. The predicted octanol–water partition coefficient (Wildman–Crippen LogP) is 5.23. The molecule has 3 saturated heterocycles. The van der Waals surface area contributed by atoms with Gasteiger partial charge in [0.05, 0.1) is 0 Å². The maximum absolute atomic E-state index is 4.94. The molecular weight excluding hydrogens is 485 g/mol. The van der Waals surface area contributed by atoms with Crippen LogP contribution in [0.3, 0.4) is 0 Å². The summed E-state index contributed by atoms with van der Waals surface area (Å²) in [6.07, 6.45) is 7.67. The molecule has 3 aliphatic heterocycles. The van der Waals surface area contributed by atoms with E-state index in [9.17, 15) is 0 Å². The molecule has 26 heavy (non-hydrogen) atoms. The van der Waals surface area contributed by atoms with Crippen LogP contribution in [0, 0.1) is 46.9 Å². The minimum absolute atomic E-state index is 0. The van der Waals surface area contributed by atoms with Gasteiger partial charge < -0.3 is 14.2 Å². The van der Waals surface area contributed by atoms with Crippen molar-refractivity contribution in [3.63, 3.8) is 0 Å². The average molecular weight is 518 g/mol. The molecule has 0 N–H and O–H groups in total. The van der Waals surface area contributed by atoms with Crippen molar-refractivity contribution >= 4 is 10.8 Å². The van der Waals surface area contributed by atoms with Gasteiger partial charge in [-0.3, -0.25) is 0 Å². The standard InChI is InChI=1S/C10H8.3C4H8O.Yb/c1-2-6-10-8-4-3-7-9(10)5-1;3*1-2-4-5-3-1;/h1-8H;3*1-4H2;. The van der Waals surface area contributed by atoms with Crippen LogP contribution in [0.5, 0.6) is 0 Å². The monoisotopic (exact) mass is 518 g/mol. The smallest absolute Gasteiger partial charge is 0.0466 e. The fraction of sp³-hybridized carbons (Fsp3) is 0.545. The molecule has 0 spiro atoms. The summed E-state index contributed by atoms with van der Waals surface area (Å²) in [5, 5.41) is 2.62. The summed E-state index contributed by atoms with van der Waals surface area (Å²) >= 11 is 0. The Balaban J connectivity index is 0.000000182. The normalized spacial score (nSPS) is 17.7. The number of benzene rings is 2. The van der Waals surface area contributed by atoms with Crippen molar-refractivity contribution in [1.82, 2.24) is 0 Å². The molecule has 0 bridgehead atoms. The van der Waals surface area contributed by atoms with Crippen LogP contribution in [-0.2, 0) is 14.2 Å². The maximum atomic E-state index is 4.94. The fourth-order valence-electron chi connectivity index (χ4n) is 2.66. The number of rotatable bonds is 0. The molecule has 2 aromatic carbocycles. The van der Waals surface area contributed by atoms with Crippen molar-refractivity contribution < 1.29 is 61.1 Å². The molecule has 0 radical (unpaired) electrons. The molecule has 0 aromatic heterocycles. The van der Waals surface area contributed by atoms with Gasteiger partial charge in [0.15, 0.2) is 0 Å². The molecule has 3 aliphatic rings. The van der Waals surface area contributed by atoms with Crippen LogP contribution in [0.15, 0.2) is 48.5 Å². The molecule has 0 aliphatic carbocycles. The van der Waals surface area contributed by atoms with Gasteiger partial charge in [0.1, 0.15) is 0 Å². The van der Waals surface area contributed by atoms with E-state index in [-0.39, 0.29) is 46.9 Å². The van der Waals surface area contributed by atoms with E-state index >= 15 is 0 Å². The number of hydrogen-bond donors (Lipinski definition) is 0. The van der Waals surface area contributed by atoms with Gasteiger partial charge >= 0.3 is 0 Å². The molecule has 3 nitrogen and oxygen atoms in total. The van der Waals surface area contributed by atoms with Gasteiger partial charge in [0.25, 0.3) is 0 Å². The van der Waals surface area contributed by atoms with E-state index in [2.05, 4.69) is 48.5 Å². The first-order chi connectivity index (χ1) is 12.5. The molecular formula is C22H32O3Yb. The van der Waals surface area contributed by atoms with E-state index in [4.69, 9.17) is 14.2 Å². The van der Waals surface area contributed by atoms with E-state index in [1.54, 1.807) is 0 Å². The second kappa shape index (κ2) is 17.2. The Morgan fingerprint density at radius 3 is 0.808 bits per heavy atom. The van der Waals surface area contributed by atoms with Gasteiger partial charge in [-0.05, 0) is 49.3 Å². The molecule has 152 valence electrons. The van der Waals surface area contributed by atoms with Gasteiger partial charge in [0.2, 0.25) is 0 Å². The van der Waals surface area contributed by atoms with E-state index in [1.165, 1.54) is 49.3 Å². The molecule has 5 rings (SSSR count). The molecule has 2 aromatic rings. The first-order valence-electron chi connectivity index (χ1n) is 9.64. The Morgan fingerprint density at radius 1 is 0.423 bits per heavy atom. The first kappa shape index (κ1) is 24.1. The third-order valence-electron chi connectivity index (χ3n) is 4.14. The minimum Gasteiger partial charge on any atom is -0.381 e. The van der Waals surface area contributed by atoms with Crippen molar-refractivity contribution in [2.45, 2.75) is 38.5 Å². The fourth-order valence-corrected chi connectivity index (χ4v) is 2.66. The maximum Gasteiger partial charge on any atom is 0.0466 e. The summed E-state index contributed by atoms with van der Waals surface area (Å²) < 4.78 is 14.8. The zero-order valence-electron chi connectivity index (χ0n) is 15.6. The average Bonchev–Trinajstić information content (AvgIpc) is 3.49. The summed E-state index contributed by atoms with van der Waals surface area (Å²) in [6, 6.07) is 16.7. The van der Waals surface area contributed by atoms with E-state index < -0.39 is 0 Å². The van der Waals surface area contributed by atoms with Crippen LogP contribution >= 0.6 is 0 Å². The van der Waals surface area contributed by atoms with Gasteiger partial charge in [-0.15, -0.1) is 0 Å². The first-order valence-corrected chi connectivity index (χ1v) is 9.64. The molecule has 0 amide bonds. The van der Waals surface area contributed by atoms with Crippen molar-refractivity contribution in [2.75, 3.05) is 39.6 Å². The van der Waals surface area contributed by atoms with Gasteiger partial charge in [-0.2, -0.15) is 0 Å². The van der Waals surface area contributed by atoms with Crippen LogP contribution in [0.2, 0.25) is 0 Å². The molecule has 0 unspecified atom stereocenters. The van der Waals surface area contributed by atoms with Crippen molar-refractivity contribution in [3.05, 3.63) is 48.5 Å². The minimum atomic E-state index is 0. The Labute approximate surface area is 197 Å². The third kappa shape index (κ3) is 11.7. The zero-order valence-corrected chi connectivity index (χ0v) is 17.3. The number of hydrogen-bond acceptors (Lipinski definition) is 3. The Kier molecular flexibility index (Phi) is 16.0. The molecule has 4 heteroatoms. The Bertz CT molecular complexity index is 438. The van der Waals surface area contributed by atoms with Crippen molar-refractivity contribution in [3.8, 4) is 0 Å². The van der Waals surface area contributed by atoms with E-state index in [0.717, 1.165) is 39.6 Å². The second-order valence-electron chi connectivity index (χ2n) is 6.31. The molecule has 0 atom stereocenters. The quantitative estimate of drug-likeness (QED) is 0.479. The van der Waals surface area contributed by atoms with Crippen LogP contribution in [0.4, 0.5) is 0 Å². The van der Waals surface area contributed by atoms with Gasteiger partial charge in [-0.1, -0.05) is 48.5 Å². The largest absolute Gasteiger partial charge is 0.381 e. The van der Waals surface area contributed by atoms with Crippen molar-refractivity contribution in [2.24, 2.45) is 0 Å². The van der Waals surface area contributed by atoms with Crippen LogP contribution in [-0.4, -0.2) is 39.6 Å². The molecule has 0 saturated carbocycles. The second-order valence-corrected chi connectivity index (χ2v) is 6.31. The van der Waals surface area contributed by atoms with Crippen LogP contribution in [0.25, 0.3) is 10.8 Å². The summed E-state index contributed by atoms with van der Waals surface area (Å²) in [7, 11) is 0. The van der Waals surface area contributed by atoms with Gasteiger partial charge in [-0.25, -0.2) is 0 Å². The number of ether oxygens (including phenoxy) is 3. The van der Waals surface area contributed by atoms with Crippen LogP contribution < -0.4 is 0 Å². The Morgan fingerprint density at radius 2 is 0.654 bits per heavy atom. The number of fused-ring (bicyclic) bond motifs is 1. The van der Waals surface area contributed by atoms with E-state index in [0.29, 0.717) is 0 Å². The summed E-state index contributed by atoms with van der Waals surface area (Å²) in [5.41, 5.74) is 0. The van der Waals surface area contributed by atoms with Crippen molar-refractivity contribution in [1.29, 1.82) is 0 Å².